The number of rotatable bonds is 9. The van der Waals surface area contributed by atoms with Crippen molar-refractivity contribution < 1.29 is 14.3 Å². The number of carbonyl (C=O) groups is 1. The molecule has 0 saturated heterocycles. The normalized spacial score (nSPS) is 10.6. The van der Waals surface area contributed by atoms with Gasteiger partial charge in [0.2, 0.25) is 0 Å². The SMILES string of the molecule is CCc1ccccc1-c1cc(CSc2ccccc2)ccc1OCc1ccc(C(=O)OC)cc1. The molecule has 0 aliphatic rings. The van der Waals surface area contributed by atoms with Crippen LogP contribution in [0.5, 0.6) is 5.75 Å². The summed E-state index contributed by atoms with van der Waals surface area (Å²) in [6.07, 6.45) is 0.952. The Balaban J connectivity index is 1.58. The fourth-order valence-electron chi connectivity index (χ4n) is 3.79. The summed E-state index contributed by atoms with van der Waals surface area (Å²) in [4.78, 5) is 12.9. The van der Waals surface area contributed by atoms with E-state index >= 15 is 0 Å². The third kappa shape index (κ3) is 5.89. The molecule has 4 heteroatoms. The molecule has 0 unspecified atom stereocenters. The highest BCUT2D eigenvalue weighted by Crippen LogP contribution is 2.35. The van der Waals surface area contributed by atoms with Crippen LogP contribution in [0.2, 0.25) is 0 Å². The highest BCUT2D eigenvalue weighted by Gasteiger charge is 2.12. The Kier molecular flexibility index (Phi) is 8.05. The Labute approximate surface area is 205 Å². The molecular weight excluding hydrogens is 440 g/mol. The molecule has 0 heterocycles. The van der Waals surface area contributed by atoms with Crippen LogP contribution in [-0.4, -0.2) is 13.1 Å². The van der Waals surface area contributed by atoms with Crippen LogP contribution in [0.15, 0.2) is 102 Å². The molecular formula is C30H28O3S. The van der Waals surface area contributed by atoms with E-state index in [1.54, 1.807) is 12.1 Å². The maximum atomic E-state index is 11.7. The zero-order chi connectivity index (χ0) is 23.8. The second kappa shape index (κ2) is 11.6. The van der Waals surface area contributed by atoms with Crippen molar-refractivity contribution in [1.29, 1.82) is 0 Å². The first-order chi connectivity index (χ1) is 16.7. The van der Waals surface area contributed by atoms with Crippen LogP contribution in [0.4, 0.5) is 0 Å². The minimum atomic E-state index is -0.338. The maximum absolute atomic E-state index is 11.7. The minimum absolute atomic E-state index is 0.338. The molecule has 0 N–H and O–H groups in total. The van der Waals surface area contributed by atoms with Gasteiger partial charge in [-0.2, -0.15) is 0 Å². The summed E-state index contributed by atoms with van der Waals surface area (Å²) >= 11 is 1.83. The molecule has 172 valence electrons. The summed E-state index contributed by atoms with van der Waals surface area (Å²) in [6, 6.07) is 32.8. The summed E-state index contributed by atoms with van der Waals surface area (Å²) < 4.78 is 11.1. The van der Waals surface area contributed by atoms with E-state index in [4.69, 9.17) is 9.47 Å². The molecule has 0 fully saturated rings. The standard InChI is InChI=1S/C30H28O3S/c1-3-24-9-7-8-12-27(24)28-19-23(21-34-26-10-5-4-6-11-26)15-18-29(28)33-20-22-13-16-25(17-14-22)30(31)32-2/h4-19H,3,20-21H2,1-2H3. The second-order valence-corrected chi connectivity index (χ2v) is 8.97. The molecule has 0 aromatic heterocycles. The molecule has 4 aromatic carbocycles. The zero-order valence-corrected chi connectivity index (χ0v) is 20.3. The van der Waals surface area contributed by atoms with Crippen molar-refractivity contribution in [3.63, 3.8) is 0 Å². The van der Waals surface area contributed by atoms with Gasteiger partial charge >= 0.3 is 5.97 Å². The van der Waals surface area contributed by atoms with E-state index in [1.807, 2.05) is 30.0 Å². The van der Waals surface area contributed by atoms with Crippen molar-refractivity contribution in [3.8, 4) is 16.9 Å². The molecule has 0 spiro atoms. The van der Waals surface area contributed by atoms with Gasteiger partial charge in [0.05, 0.1) is 12.7 Å². The quantitative estimate of drug-likeness (QED) is 0.187. The first-order valence-electron chi connectivity index (χ1n) is 11.4. The van der Waals surface area contributed by atoms with E-state index in [9.17, 15) is 4.79 Å². The fraction of sp³-hybridized carbons (Fsp3) is 0.167. The molecule has 0 aliphatic heterocycles. The van der Waals surface area contributed by atoms with E-state index in [0.717, 1.165) is 29.1 Å². The van der Waals surface area contributed by atoms with Crippen molar-refractivity contribution in [3.05, 3.63) is 119 Å². The number of thioether (sulfide) groups is 1. The first-order valence-corrected chi connectivity index (χ1v) is 12.4. The topological polar surface area (TPSA) is 35.5 Å². The summed E-state index contributed by atoms with van der Waals surface area (Å²) in [5.41, 5.74) is 6.38. The highest BCUT2D eigenvalue weighted by atomic mass is 32.2. The third-order valence-corrected chi connectivity index (χ3v) is 6.73. The van der Waals surface area contributed by atoms with Gasteiger partial charge < -0.3 is 9.47 Å². The lowest BCUT2D eigenvalue weighted by Gasteiger charge is -2.16. The van der Waals surface area contributed by atoms with Crippen LogP contribution in [0.3, 0.4) is 0 Å². The Hall–Kier alpha value is -3.50. The number of hydrogen-bond donors (Lipinski definition) is 0. The van der Waals surface area contributed by atoms with E-state index in [2.05, 4.69) is 73.7 Å². The lowest BCUT2D eigenvalue weighted by Crippen LogP contribution is -2.02. The monoisotopic (exact) mass is 468 g/mol. The fourth-order valence-corrected chi connectivity index (χ4v) is 4.66. The lowest BCUT2D eigenvalue weighted by molar-refractivity contribution is 0.0600. The van der Waals surface area contributed by atoms with Crippen LogP contribution >= 0.6 is 11.8 Å². The van der Waals surface area contributed by atoms with Gasteiger partial charge in [-0.3, -0.25) is 0 Å². The average molecular weight is 469 g/mol. The summed E-state index contributed by atoms with van der Waals surface area (Å²) in [5, 5.41) is 0. The van der Waals surface area contributed by atoms with E-state index in [-0.39, 0.29) is 5.97 Å². The Morgan fingerprint density at radius 2 is 1.50 bits per heavy atom. The highest BCUT2D eigenvalue weighted by molar-refractivity contribution is 7.98. The number of esters is 1. The number of benzene rings is 4. The van der Waals surface area contributed by atoms with Crippen LogP contribution in [0.1, 0.15) is 34.0 Å². The third-order valence-electron chi connectivity index (χ3n) is 5.65. The predicted octanol–water partition coefficient (Wildman–Crippen LogP) is 7.57. The van der Waals surface area contributed by atoms with Crippen LogP contribution in [0.25, 0.3) is 11.1 Å². The molecule has 0 radical (unpaired) electrons. The Morgan fingerprint density at radius 3 is 2.24 bits per heavy atom. The van der Waals surface area contributed by atoms with Crippen molar-refractivity contribution in [2.24, 2.45) is 0 Å². The van der Waals surface area contributed by atoms with Gasteiger partial charge in [-0.1, -0.05) is 67.6 Å². The molecule has 0 saturated carbocycles. The molecule has 34 heavy (non-hydrogen) atoms. The van der Waals surface area contributed by atoms with Gasteiger partial charge in [-0.05, 0) is 65.1 Å². The summed E-state index contributed by atoms with van der Waals surface area (Å²) in [5.74, 6) is 1.40. The molecule has 3 nitrogen and oxygen atoms in total. The molecule has 0 bridgehead atoms. The number of aryl methyl sites for hydroxylation is 1. The molecule has 4 aromatic rings. The van der Waals surface area contributed by atoms with E-state index in [0.29, 0.717) is 12.2 Å². The summed E-state index contributed by atoms with van der Waals surface area (Å²) in [7, 11) is 1.39. The minimum Gasteiger partial charge on any atom is -0.488 e. The lowest BCUT2D eigenvalue weighted by atomic mass is 9.96. The number of ether oxygens (including phenoxy) is 2. The van der Waals surface area contributed by atoms with Gasteiger partial charge in [0, 0.05) is 16.2 Å². The smallest absolute Gasteiger partial charge is 0.337 e. The van der Waals surface area contributed by atoms with E-state index < -0.39 is 0 Å². The Morgan fingerprint density at radius 1 is 0.794 bits per heavy atom. The summed E-state index contributed by atoms with van der Waals surface area (Å²) in [6.45, 7) is 2.60. The number of hydrogen-bond acceptors (Lipinski definition) is 4. The van der Waals surface area contributed by atoms with Gasteiger partial charge in [0.25, 0.3) is 0 Å². The van der Waals surface area contributed by atoms with Crippen molar-refractivity contribution in [2.45, 2.75) is 30.6 Å². The molecule has 0 atom stereocenters. The second-order valence-electron chi connectivity index (χ2n) is 7.92. The van der Waals surface area contributed by atoms with Crippen molar-refractivity contribution >= 4 is 17.7 Å². The van der Waals surface area contributed by atoms with Gasteiger partial charge in [0.15, 0.2) is 0 Å². The van der Waals surface area contributed by atoms with Gasteiger partial charge in [0.1, 0.15) is 12.4 Å². The van der Waals surface area contributed by atoms with Crippen LogP contribution in [-0.2, 0) is 23.5 Å². The van der Waals surface area contributed by atoms with Crippen LogP contribution in [0, 0.1) is 0 Å². The average Bonchev–Trinajstić information content (AvgIpc) is 2.91. The van der Waals surface area contributed by atoms with Gasteiger partial charge in [-0.25, -0.2) is 4.79 Å². The molecule has 4 rings (SSSR count). The Bertz CT molecular complexity index is 1230. The number of methoxy groups -OCH3 is 1. The zero-order valence-electron chi connectivity index (χ0n) is 19.5. The van der Waals surface area contributed by atoms with Gasteiger partial charge in [-0.15, -0.1) is 11.8 Å². The molecule has 0 amide bonds. The molecule has 0 aliphatic carbocycles. The predicted molar refractivity (Wildman–Crippen MR) is 139 cm³/mol. The maximum Gasteiger partial charge on any atom is 0.337 e. The first kappa shape index (κ1) is 23.7. The van der Waals surface area contributed by atoms with Crippen LogP contribution < -0.4 is 4.74 Å². The van der Waals surface area contributed by atoms with E-state index in [1.165, 1.54) is 28.7 Å². The van der Waals surface area contributed by atoms with Crippen molar-refractivity contribution in [1.82, 2.24) is 0 Å². The van der Waals surface area contributed by atoms with Crippen molar-refractivity contribution in [2.75, 3.05) is 7.11 Å². The largest absolute Gasteiger partial charge is 0.488 e. The number of carbonyl (C=O) groups excluding carboxylic acids is 1.